The topological polar surface area (TPSA) is 142 Å². The Labute approximate surface area is 285 Å². The van der Waals surface area contributed by atoms with E-state index in [4.69, 9.17) is 14.9 Å². The second-order valence-electron chi connectivity index (χ2n) is 12.7. The van der Waals surface area contributed by atoms with Crippen molar-refractivity contribution in [3.63, 3.8) is 0 Å². The Morgan fingerprint density at radius 1 is 0.638 bits per heavy atom. The normalized spacial score (nSPS) is 12.7. The van der Waals surface area contributed by atoms with E-state index in [1.54, 1.807) is 0 Å². The maximum atomic E-state index is 12.6. The van der Waals surface area contributed by atoms with E-state index in [2.05, 4.69) is 48.8 Å². The molecule has 272 valence electrons. The summed E-state index contributed by atoms with van der Waals surface area (Å²) in [5, 5.41) is 22.5. The first-order valence-electron chi connectivity index (χ1n) is 18.7. The maximum Gasteiger partial charge on any atom is 0.328 e. The van der Waals surface area contributed by atoms with Crippen LogP contribution in [0, 0.1) is 0 Å². The van der Waals surface area contributed by atoms with Crippen LogP contribution in [0.5, 0.6) is 0 Å². The Bertz CT molecular complexity index is 859. The molecule has 0 aliphatic carbocycles. The Morgan fingerprint density at radius 2 is 1.15 bits per heavy atom. The number of ether oxygens (including phenoxy) is 1. The van der Waals surface area contributed by atoms with Gasteiger partial charge in [0.05, 0.1) is 13.2 Å². The quantitative estimate of drug-likeness (QED) is 0.0316. The van der Waals surface area contributed by atoms with Crippen molar-refractivity contribution in [3.05, 3.63) is 24.3 Å². The van der Waals surface area contributed by atoms with Crippen LogP contribution in [0.1, 0.15) is 168 Å². The number of aliphatic hydroxyl groups excluding tert-OH is 1. The number of hydrogen-bond donors (Lipinski definition) is 4. The molecular formula is C38H68N2O7. The number of rotatable bonds is 33. The van der Waals surface area contributed by atoms with Crippen LogP contribution < -0.4 is 10.6 Å². The molecule has 0 heterocycles. The Hall–Kier alpha value is -2.68. The molecule has 0 aliphatic heterocycles. The van der Waals surface area contributed by atoms with Crippen LogP contribution in [-0.4, -0.2) is 59.3 Å². The fourth-order valence-electron chi connectivity index (χ4n) is 5.21. The number of aliphatic carboxylic acids is 1. The van der Waals surface area contributed by atoms with Gasteiger partial charge >= 0.3 is 11.9 Å². The average molecular weight is 665 g/mol. The van der Waals surface area contributed by atoms with Crippen molar-refractivity contribution in [1.82, 2.24) is 10.6 Å². The number of unbranched alkanes of at least 4 members (excludes halogenated alkanes) is 17. The summed E-state index contributed by atoms with van der Waals surface area (Å²) in [5.74, 6) is -2.41. The third-order valence-corrected chi connectivity index (χ3v) is 8.16. The second kappa shape index (κ2) is 33.2. The van der Waals surface area contributed by atoms with E-state index in [0.717, 1.165) is 64.2 Å². The van der Waals surface area contributed by atoms with Gasteiger partial charge in [-0.2, -0.15) is 0 Å². The molecule has 9 nitrogen and oxygen atoms in total. The molecule has 0 saturated heterocycles. The molecule has 0 fully saturated rings. The molecule has 9 heteroatoms. The standard InChI is InChI=1S/C38H68N2O7/c1-3-5-7-9-11-13-14-15-16-18-20-26-30-37(44)47-33(27-23-19-17-12-10-8-6-4-2)28-24-21-22-25-29-35(42)39-31-36(43)40-34(32-41)38(45)46/h11,13,23,27,33-34,41H,3-10,12,14-22,24-26,28-32H2,1-2H3,(H,39,42)(H,40,43)(H,45,46)/b13-11-,27-23-. The molecule has 0 spiro atoms. The number of nitrogens with one attached hydrogen (secondary N) is 2. The lowest BCUT2D eigenvalue weighted by molar-refractivity contribution is -0.147. The summed E-state index contributed by atoms with van der Waals surface area (Å²) in [6.45, 7) is 3.40. The predicted octanol–water partition coefficient (Wildman–Crippen LogP) is 8.09. The highest BCUT2D eigenvalue weighted by molar-refractivity contribution is 5.87. The average Bonchev–Trinajstić information content (AvgIpc) is 3.05. The van der Waals surface area contributed by atoms with Crippen molar-refractivity contribution in [2.45, 2.75) is 180 Å². The third kappa shape index (κ3) is 30.4. The van der Waals surface area contributed by atoms with Gasteiger partial charge in [-0.3, -0.25) is 14.4 Å². The van der Waals surface area contributed by atoms with Gasteiger partial charge in [0.2, 0.25) is 11.8 Å². The minimum Gasteiger partial charge on any atom is -0.480 e. The predicted molar refractivity (Wildman–Crippen MR) is 190 cm³/mol. The number of allylic oxidation sites excluding steroid dienone is 3. The molecule has 47 heavy (non-hydrogen) atoms. The molecule has 2 atom stereocenters. The van der Waals surface area contributed by atoms with E-state index < -0.39 is 24.5 Å². The SMILES string of the molecule is CCCCC/C=C\CCCCCCCC(=O)OC(/C=C\CCCCCCCC)CCCCCCC(=O)NCC(=O)NC(CO)C(=O)O. The molecule has 2 amide bonds. The summed E-state index contributed by atoms with van der Waals surface area (Å²) in [4.78, 5) is 47.3. The molecule has 2 unspecified atom stereocenters. The van der Waals surface area contributed by atoms with Gasteiger partial charge in [-0.25, -0.2) is 4.79 Å². The number of aliphatic hydroxyl groups is 1. The van der Waals surface area contributed by atoms with Gasteiger partial charge in [0.1, 0.15) is 12.1 Å². The number of hydrogen-bond acceptors (Lipinski definition) is 6. The van der Waals surface area contributed by atoms with Crippen LogP contribution in [0.2, 0.25) is 0 Å². The Kier molecular flexibility index (Phi) is 31.3. The zero-order valence-electron chi connectivity index (χ0n) is 29.8. The van der Waals surface area contributed by atoms with Crippen LogP contribution >= 0.6 is 0 Å². The van der Waals surface area contributed by atoms with E-state index >= 15 is 0 Å². The van der Waals surface area contributed by atoms with Crippen molar-refractivity contribution in [1.29, 1.82) is 0 Å². The van der Waals surface area contributed by atoms with Crippen LogP contribution in [0.15, 0.2) is 24.3 Å². The van der Waals surface area contributed by atoms with Gasteiger partial charge in [0, 0.05) is 12.8 Å². The summed E-state index contributed by atoms with van der Waals surface area (Å²) < 4.78 is 5.87. The Morgan fingerprint density at radius 3 is 1.77 bits per heavy atom. The van der Waals surface area contributed by atoms with Crippen LogP contribution in [0.4, 0.5) is 0 Å². The van der Waals surface area contributed by atoms with Crippen molar-refractivity contribution >= 4 is 23.8 Å². The number of carboxylic acid groups (broad SMARTS) is 1. The highest BCUT2D eigenvalue weighted by Gasteiger charge is 2.18. The van der Waals surface area contributed by atoms with Crippen LogP contribution in [-0.2, 0) is 23.9 Å². The highest BCUT2D eigenvalue weighted by Crippen LogP contribution is 2.15. The molecule has 0 aromatic carbocycles. The molecule has 0 bridgehead atoms. The largest absolute Gasteiger partial charge is 0.480 e. The smallest absolute Gasteiger partial charge is 0.328 e. The van der Waals surface area contributed by atoms with Gasteiger partial charge < -0.3 is 25.6 Å². The maximum absolute atomic E-state index is 12.6. The fraction of sp³-hybridized carbons (Fsp3) is 0.789. The van der Waals surface area contributed by atoms with E-state index in [9.17, 15) is 19.2 Å². The summed E-state index contributed by atoms with van der Waals surface area (Å²) in [6.07, 6.45) is 33.6. The van der Waals surface area contributed by atoms with Crippen LogP contribution in [0.3, 0.4) is 0 Å². The summed E-state index contributed by atoms with van der Waals surface area (Å²) >= 11 is 0. The first-order valence-corrected chi connectivity index (χ1v) is 18.7. The van der Waals surface area contributed by atoms with Gasteiger partial charge in [0.15, 0.2) is 0 Å². The number of carbonyl (C=O) groups is 4. The van der Waals surface area contributed by atoms with Gasteiger partial charge in [-0.05, 0) is 70.3 Å². The zero-order chi connectivity index (χ0) is 34.8. The first kappa shape index (κ1) is 44.3. The molecule has 0 aliphatic rings. The molecule has 4 N–H and O–H groups in total. The minimum atomic E-state index is -1.39. The van der Waals surface area contributed by atoms with Crippen LogP contribution in [0.25, 0.3) is 0 Å². The molecule has 0 aromatic rings. The Balaban J connectivity index is 4.33. The third-order valence-electron chi connectivity index (χ3n) is 8.16. The lowest BCUT2D eigenvalue weighted by Gasteiger charge is -2.15. The van der Waals surface area contributed by atoms with E-state index in [1.807, 2.05) is 0 Å². The van der Waals surface area contributed by atoms with E-state index in [0.29, 0.717) is 12.8 Å². The van der Waals surface area contributed by atoms with Gasteiger partial charge in [-0.15, -0.1) is 0 Å². The summed E-state index contributed by atoms with van der Waals surface area (Å²) in [6, 6.07) is -1.39. The molecule has 0 rings (SSSR count). The number of carboxylic acids is 1. The molecule has 0 radical (unpaired) electrons. The summed E-state index contributed by atoms with van der Waals surface area (Å²) in [7, 11) is 0. The number of carbonyl (C=O) groups excluding carboxylic acids is 3. The molecule has 0 saturated carbocycles. The lowest BCUT2D eigenvalue weighted by atomic mass is 10.1. The van der Waals surface area contributed by atoms with Crippen molar-refractivity contribution < 1.29 is 34.1 Å². The number of esters is 1. The summed E-state index contributed by atoms with van der Waals surface area (Å²) in [5.41, 5.74) is 0. The lowest BCUT2D eigenvalue weighted by Crippen LogP contribution is -2.47. The highest BCUT2D eigenvalue weighted by atomic mass is 16.5. The molecular weight excluding hydrogens is 596 g/mol. The monoisotopic (exact) mass is 665 g/mol. The van der Waals surface area contributed by atoms with Crippen molar-refractivity contribution in [2.24, 2.45) is 0 Å². The molecule has 0 aromatic heterocycles. The van der Waals surface area contributed by atoms with Crippen molar-refractivity contribution in [2.75, 3.05) is 13.2 Å². The van der Waals surface area contributed by atoms with Crippen molar-refractivity contribution in [3.8, 4) is 0 Å². The van der Waals surface area contributed by atoms with Gasteiger partial charge in [0.25, 0.3) is 0 Å². The zero-order valence-corrected chi connectivity index (χ0v) is 29.8. The fourth-order valence-corrected chi connectivity index (χ4v) is 5.21. The number of amides is 2. The van der Waals surface area contributed by atoms with Gasteiger partial charge in [-0.1, -0.05) is 109 Å². The first-order chi connectivity index (χ1) is 22.8. The van der Waals surface area contributed by atoms with E-state index in [1.165, 1.54) is 70.6 Å². The minimum absolute atomic E-state index is 0.122. The van der Waals surface area contributed by atoms with E-state index in [-0.39, 0.29) is 30.9 Å². The second-order valence-corrected chi connectivity index (χ2v) is 12.7.